The minimum Gasteiger partial charge on any atom is -0.481 e. The van der Waals surface area contributed by atoms with Gasteiger partial charge in [-0.05, 0) is 104 Å². The van der Waals surface area contributed by atoms with Gasteiger partial charge in [-0.1, -0.05) is 30.3 Å². The van der Waals surface area contributed by atoms with Crippen molar-refractivity contribution in [3.8, 4) is 34.5 Å². The fourth-order valence-corrected chi connectivity index (χ4v) is 3.92. The Balaban J connectivity index is 1.55. The van der Waals surface area contributed by atoms with Crippen LogP contribution in [-0.2, 0) is 11.2 Å². The zero-order chi connectivity index (χ0) is 25.7. The molecule has 0 bridgehead atoms. The third kappa shape index (κ3) is 6.45. The van der Waals surface area contributed by atoms with Gasteiger partial charge in [-0.3, -0.25) is 4.79 Å². The summed E-state index contributed by atoms with van der Waals surface area (Å²) in [4.78, 5) is 10.9. The van der Waals surface area contributed by atoms with Gasteiger partial charge >= 0.3 is 5.97 Å². The molecule has 0 saturated carbocycles. The second kappa shape index (κ2) is 11.0. The van der Waals surface area contributed by atoms with Crippen LogP contribution in [0.3, 0.4) is 0 Å². The van der Waals surface area contributed by atoms with E-state index < -0.39 is 5.97 Å². The number of carboxylic acids is 1. The molecule has 0 saturated heterocycles. The van der Waals surface area contributed by atoms with Gasteiger partial charge < -0.3 is 19.3 Å². The molecule has 4 aromatic rings. The van der Waals surface area contributed by atoms with Gasteiger partial charge in [0.2, 0.25) is 0 Å². The van der Waals surface area contributed by atoms with E-state index in [2.05, 4.69) is 0 Å². The molecule has 5 heteroatoms. The summed E-state index contributed by atoms with van der Waals surface area (Å²) in [5.74, 6) is 3.20. The maximum absolute atomic E-state index is 10.9. The van der Waals surface area contributed by atoms with Crippen molar-refractivity contribution < 1.29 is 24.1 Å². The summed E-state index contributed by atoms with van der Waals surface area (Å²) in [7, 11) is 0. The highest BCUT2D eigenvalue weighted by Gasteiger charge is 2.12. The molecule has 0 aliphatic heterocycles. The zero-order valence-corrected chi connectivity index (χ0v) is 21.0. The Labute approximate surface area is 211 Å². The summed E-state index contributed by atoms with van der Waals surface area (Å²) in [6.07, 6.45) is 0.599. The van der Waals surface area contributed by atoms with Crippen molar-refractivity contribution in [2.24, 2.45) is 0 Å². The molecular weight excluding hydrogens is 452 g/mol. The molecule has 0 aliphatic carbocycles. The van der Waals surface area contributed by atoms with E-state index in [9.17, 15) is 4.79 Å². The summed E-state index contributed by atoms with van der Waals surface area (Å²) in [5.41, 5.74) is 5.10. The van der Waals surface area contributed by atoms with Crippen molar-refractivity contribution in [1.82, 2.24) is 0 Å². The lowest BCUT2D eigenvalue weighted by Gasteiger charge is -2.16. The highest BCUT2D eigenvalue weighted by atomic mass is 16.5. The van der Waals surface area contributed by atoms with Crippen molar-refractivity contribution >= 4 is 5.97 Å². The van der Waals surface area contributed by atoms with Gasteiger partial charge in [0.1, 0.15) is 23.0 Å². The summed E-state index contributed by atoms with van der Waals surface area (Å²) >= 11 is 0. The van der Waals surface area contributed by atoms with E-state index in [0.717, 1.165) is 33.6 Å². The Bertz CT molecular complexity index is 1390. The minimum atomic E-state index is -0.803. The van der Waals surface area contributed by atoms with Crippen LogP contribution >= 0.6 is 0 Å². The van der Waals surface area contributed by atoms with Gasteiger partial charge in [0, 0.05) is 12.5 Å². The topological polar surface area (TPSA) is 65.0 Å². The molecule has 0 unspecified atom stereocenters. The number of para-hydroxylation sites is 1. The van der Waals surface area contributed by atoms with Crippen molar-refractivity contribution in [2.75, 3.05) is 0 Å². The number of benzene rings is 4. The van der Waals surface area contributed by atoms with Gasteiger partial charge in [-0.15, -0.1) is 0 Å². The predicted molar refractivity (Wildman–Crippen MR) is 141 cm³/mol. The Morgan fingerprint density at radius 3 is 2.11 bits per heavy atom. The number of hydrogen-bond acceptors (Lipinski definition) is 4. The second-order valence-electron chi connectivity index (χ2n) is 8.99. The molecule has 0 atom stereocenters. The number of ether oxygens (including phenoxy) is 3. The molecular formula is C31H30O5. The van der Waals surface area contributed by atoms with E-state index in [0.29, 0.717) is 35.2 Å². The molecule has 0 aromatic heterocycles. The molecule has 0 aliphatic rings. The predicted octanol–water partition coefficient (Wildman–Crippen LogP) is 8.31. The van der Waals surface area contributed by atoms with Crippen LogP contribution in [0.5, 0.6) is 34.5 Å². The van der Waals surface area contributed by atoms with Crippen LogP contribution in [-0.4, -0.2) is 11.1 Å². The fourth-order valence-electron chi connectivity index (χ4n) is 3.92. The average Bonchev–Trinajstić information content (AvgIpc) is 2.81. The summed E-state index contributed by atoms with van der Waals surface area (Å²) in [6.45, 7) is 7.97. The molecule has 4 rings (SSSR count). The van der Waals surface area contributed by atoms with Crippen LogP contribution in [0.15, 0.2) is 78.9 Å². The Morgan fingerprint density at radius 2 is 1.39 bits per heavy atom. The normalized spacial score (nSPS) is 10.7. The number of carboxylic acid groups (broad SMARTS) is 1. The van der Waals surface area contributed by atoms with Crippen LogP contribution in [0.4, 0.5) is 0 Å². The van der Waals surface area contributed by atoms with Crippen LogP contribution in [0, 0.1) is 27.7 Å². The first-order valence-corrected chi connectivity index (χ1v) is 11.9. The van der Waals surface area contributed by atoms with Gasteiger partial charge in [0.15, 0.2) is 11.5 Å². The van der Waals surface area contributed by atoms with Crippen molar-refractivity contribution in [3.05, 3.63) is 107 Å². The third-order valence-electron chi connectivity index (χ3n) is 5.82. The van der Waals surface area contributed by atoms with E-state index in [1.165, 1.54) is 0 Å². The molecule has 5 nitrogen and oxygen atoms in total. The first kappa shape index (κ1) is 24.9. The quantitative estimate of drug-likeness (QED) is 0.260. The highest BCUT2D eigenvalue weighted by molar-refractivity contribution is 5.67. The molecule has 4 aromatic carbocycles. The monoisotopic (exact) mass is 482 g/mol. The zero-order valence-electron chi connectivity index (χ0n) is 21.0. The lowest BCUT2D eigenvalue weighted by molar-refractivity contribution is -0.136. The van der Waals surface area contributed by atoms with E-state index in [4.69, 9.17) is 19.3 Å². The molecule has 0 spiro atoms. The van der Waals surface area contributed by atoms with E-state index in [1.54, 1.807) is 0 Å². The summed E-state index contributed by atoms with van der Waals surface area (Å²) < 4.78 is 18.6. The van der Waals surface area contributed by atoms with E-state index in [1.807, 2.05) is 107 Å². The molecule has 0 heterocycles. The number of hydrogen-bond donors (Lipinski definition) is 1. The summed E-state index contributed by atoms with van der Waals surface area (Å²) in [5, 5.41) is 8.94. The Kier molecular flexibility index (Phi) is 7.59. The van der Waals surface area contributed by atoms with Gasteiger partial charge in [0.05, 0.1) is 0 Å². The molecule has 0 fully saturated rings. The van der Waals surface area contributed by atoms with Gasteiger partial charge in [-0.25, -0.2) is 0 Å². The van der Waals surface area contributed by atoms with E-state index in [-0.39, 0.29) is 6.42 Å². The van der Waals surface area contributed by atoms with Gasteiger partial charge in [0.25, 0.3) is 0 Å². The Hall–Kier alpha value is -4.25. The van der Waals surface area contributed by atoms with Crippen molar-refractivity contribution in [2.45, 2.75) is 40.5 Å². The molecule has 184 valence electrons. The number of rotatable bonds is 9. The molecule has 0 amide bonds. The third-order valence-corrected chi connectivity index (χ3v) is 5.82. The highest BCUT2D eigenvalue weighted by Crippen LogP contribution is 2.38. The number of aliphatic carboxylic acids is 1. The lowest BCUT2D eigenvalue weighted by Crippen LogP contribution is -1.99. The largest absolute Gasteiger partial charge is 0.481 e. The summed E-state index contributed by atoms with van der Waals surface area (Å²) in [6, 6.07) is 25.2. The van der Waals surface area contributed by atoms with Gasteiger partial charge in [-0.2, -0.15) is 0 Å². The lowest BCUT2D eigenvalue weighted by atomic mass is 10.0. The van der Waals surface area contributed by atoms with Crippen molar-refractivity contribution in [3.63, 3.8) is 0 Å². The fraction of sp³-hybridized carbons (Fsp3) is 0.194. The maximum atomic E-state index is 10.9. The second-order valence-corrected chi connectivity index (χ2v) is 8.99. The minimum absolute atomic E-state index is 0.105. The molecule has 36 heavy (non-hydrogen) atoms. The van der Waals surface area contributed by atoms with Crippen molar-refractivity contribution in [1.29, 1.82) is 0 Å². The maximum Gasteiger partial charge on any atom is 0.303 e. The smallest absolute Gasteiger partial charge is 0.303 e. The standard InChI is InChI=1S/C31H30O5/c1-20-9-13-29(30(17-20)36-28-8-6-5-7-22(28)3)35-27-16-21(2)15-26(19-27)34-25-12-10-24(23(4)18-25)11-14-31(32)33/h5-10,12-13,15-19H,11,14H2,1-4H3,(H,32,33). The number of carbonyl (C=O) groups is 1. The van der Waals surface area contributed by atoms with Crippen LogP contribution in [0.25, 0.3) is 0 Å². The van der Waals surface area contributed by atoms with Crippen LogP contribution in [0.1, 0.15) is 34.2 Å². The van der Waals surface area contributed by atoms with Crippen LogP contribution < -0.4 is 14.2 Å². The first-order valence-electron chi connectivity index (χ1n) is 11.9. The first-order chi connectivity index (χ1) is 17.3. The van der Waals surface area contributed by atoms with E-state index >= 15 is 0 Å². The molecule has 1 N–H and O–H groups in total. The average molecular weight is 483 g/mol. The SMILES string of the molecule is Cc1cc(Oc2ccc(CCC(=O)O)c(C)c2)cc(Oc2ccc(C)cc2Oc2ccccc2C)c1. The molecule has 0 radical (unpaired) electrons. The Morgan fingerprint density at radius 1 is 0.639 bits per heavy atom. The van der Waals surface area contributed by atoms with Crippen LogP contribution in [0.2, 0.25) is 0 Å². The number of aryl methyl sites for hydroxylation is 5.